The van der Waals surface area contributed by atoms with Gasteiger partial charge in [0.1, 0.15) is 5.41 Å². The van der Waals surface area contributed by atoms with Crippen LogP contribution in [0.1, 0.15) is 11.4 Å². The second-order valence-electron chi connectivity index (χ2n) is 6.45. The standard InChI is InChI=1S/C15H22N4O3/c1-10-5-11(2)17-14(16-10)19-7-12-6-18(3-4-20)8-15(12,9-19)13(21)22/h5,12,20H,3-4,6-9H2,1-2H3,(H,21,22)/t12-,15-/m1/s1. The Morgan fingerprint density at radius 1 is 1.32 bits per heavy atom. The molecule has 2 aliphatic rings. The van der Waals surface area contributed by atoms with Crippen molar-refractivity contribution in [2.24, 2.45) is 11.3 Å². The summed E-state index contributed by atoms with van der Waals surface area (Å²) in [5.74, 6) is -0.0907. The molecule has 7 heteroatoms. The van der Waals surface area contributed by atoms with Crippen LogP contribution in [0.5, 0.6) is 0 Å². The molecule has 1 aromatic rings. The highest BCUT2D eigenvalue weighted by molar-refractivity contribution is 5.78. The lowest BCUT2D eigenvalue weighted by atomic mass is 9.81. The zero-order valence-electron chi connectivity index (χ0n) is 13.0. The van der Waals surface area contributed by atoms with Crippen LogP contribution >= 0.6 is 0 Å². The summed E-state index contributed by atoms with van der Waals surface area (Å²) in [7, 11) is 0. The number of hydrogen-bond donors (Lipinski definition) is 2. The van der Waals surface area contributed by atoms with Gasteiger partial charge in [0.2, 0.25) is 5.95 Å². The Labute approximate surface area is 129 Å². The molecule has 2 atom stereocenters. The van der Waals surface area contributed by atoms with Gasteiger partial charge in [-0.25, -0.2) is 9.97 Å². The summed E-state index contributed by atoms with van der Waals surface area (Å²) >= 11 is 0. The van der Waals surface area contributed by atoms with Crippen molar-refractivity contribution in [2.45, 2.75) is 13.8 Å². The van der Waals surface area contributed by atoms with Crippen LogP contribution in [0.4, 0.5) is 5.95 Å². The average molecular weight is 306 g/mol. The molecule has 22 heavy (non-hydrogen) atoms. The number of aliphatic hydroxyl groups is 1. The maximum absolute atomic E-state index is 11.9. The van der Waals surface area contributed by atoms with Crippen LogP contribution in [0.15, 0.2) is 6.07 Å². The molecule has 1 aromatic heterocycles. The molecule has 2 N–H and O–H groups in total. The summed E-state index contributed by atoms with van der Waals surface area (Å²) in [5, 5.41) is 18.9. The second kappa shape index (κ2) is 5.48. The molecule has 0 aromatic carbocycles. The number of carbonyl (C=O) groups is 1. The van der Waals surface area contributed by atoms with E-state index in [2.05, 4.69) is 9.97 Å². The van der Waals surface area contributed by atoms with Crippen LogP contribution in [0.3, 0.4) is 0 Å². The predicted molar refractivity (Wildman–Crippen MR) is 80.8 cm³/mol. The molecule has 2 saturated heterocycles. The maximum Gasteiger partial charge on any atom is 0.313 e. The lowest BCUT2D eigenvalue weighted by Crippen LogP contribution is -2.41. The van der Waals surface area contributed by atoms with Crippen molar-refractivity contribution in [1.82, 2.24) is 14.9 Å². The third kappa shape index (κ3) is 2.44. The van der Waals surface area contributed by atoms with Crippen molar-refractivity contribution in [3.8, 4) is 0 Å². The van der Waals surface area contributed by atoms with Gasteiger partial charge in [-0.05, 0) is 19.9 Å². The monoisotopic (exact) mass is 306 g/mol. The van der Waals surface area contributed by atoms with Crippen molar-refractivity contribution in [2.75, 3.05) is 44.2 Å². The van der Waals surface area contributed by atoms with E-state index in [0.717, 1.165) is 11.4 Å². The van der Waals surface area contributed by atoms with Crippen molar-refractivity contribution >= 4 is 11.9 Å². The molecule has 3 rings (SSSR count). The van der Waals surface area contributed by atoms with Crippen molar-refractivity contribution in [1.29, 1.82) is 0 Å². The number of likely N-dealkylation sites (tertiary alicyclic amines) is 1. The normalized spacial score (nSPS) is 28.1. The first-order valence-electron chi connectivity index (χ1n) is 7.58. The fourth-order valence-electron chi connectivity index (χ4n) is 3.78. The number of aromatic nitrogens is 2. The molecule has 3 heterocycles. The third-order valence-electron chi connectivity index (χ3n) is 4.78. The minimum absolute atomic E-state index is 0.0426. The summed E-state index contributed by atoms with van der Waals surface area (Å²) in [4.78, 5) is 24.9. The van der Waals surface area contributed by atoms with E-state index in [0.29, 0.717) is 38.7 Å². The van der Waals surface area contributed by atoms with E-state index in [1.807, 2.05) is 29.7 Å². The Kier molecular flexibility index (Phi) is 3.78. The molecule has 0 amide bonds. The lowest BCUT2D eigenvalue weighted by molar-refractivity contribution is -0.148. The fraction of sp³-hybridized carbons (Fsp3) is 0.667. The minimum Gasteiger partial charge on any atom is -0.481 e. The van der Waals surface area contributed by atoms with Gasteiger partial charge in [0.15, 0.2) is 0 Å². The number of anilines is 1. The lowest BCUT2D eigenvalue weighted by Gasteiger charge is -2.25. The van der Waals surface area contributed by atoms with Crippen LogP contribution in [0, 0.1) is 25.2 Å². The smallest absolute Gasteiger partial charge is 0.313 e. The van der Waals surface area contributed by atoms with E-state index in [4.69, 9.17) is 5.11 Å². The number of aryl methyl sites for hydroxylation is 2. The van der Waals surface area contributed by atoms with Crippen LogP contribution in [0.25, 0.3) is 0 Å². The summed E-state index contributed by atoms with van der Waals surface area (Å²) in [6.45, 7) is 6.70. The summed E-state index contributed by atoms with van der Waals surface area (Å²) in [6, 6.07) is 1.91. The molecule has 0 saturated carbocycles. The van der Waals surface area contributed by atoms with Crippen LogP contribution in [0.2, 0.25) is 0 Å². The third-order valence-corrected chi connectivity index (χ3v) is 4.78. The summed E-state index contributed by atoms with van der Waals surface area (Å²) < 4.78 is 0. The molecule has 0 radical (unpaired) electrons. The van der Waals surface area contributed by atoms with E-state index in [9.17, 15) is 9.90 Å². The molecule has 2 fully saturated rings. The molecular formula is C15H22N4O3. The summed E-state index contributed by atoms with van der Waals surface area (Å²) in [5.41, 5.74) is 1.01. The average Bonchev–Trinajstić information content (AvgIpc) is 2.92. The Bertz CT molecular complexity index is 574. The van der Waals surface area contributed by atoms with Crippen LogP contribution in [-0.2, 0) is 4.79 Å². The molecular weight excluding hydrogens is 284 g/mol. The van der Waals surface area contributed by atoms with Gasteiger partial charge in [-0.3, -0.25) is 9.69 Å². The highest BCUT2D eigenvalue weighted by Crippen LogP contribution is 2.43. The van der Waals surface area contributed by atoms with Gasteiger partial charge >= 0.3 is 5.97 Å². The number of fused-ring (bicyclic) bond motifs is 1. The van der Waals surface area contributed by atoms with Crippen molar-refractivity contribution in [3.63, 3.8) is 0 Å². The predicted octanol–water partition coefficient (Wildman–Crippen LogP) is -0.0915. The first-order chi connectivity index (χ1) is 10.4. The number of rotatable bonds is 4. The number of carboxylic acids is 1. The van der Waals surface area contributed by atoms with Gasteiger partial charge in [0.05, 0.1) is 6.61 Å². The Morgan fingerprint density at radius 2 is 2.00 bits per heavy atom. The quantitative estimate of drug-likeness (QED) is 0.803. The highest BCUT2D eigenvalue weighted by atomic mass is 16.4. The minimum atomic E-state index is -0.782. The van der Waals surface area contributed by atoms with Crippen molar-refractivity contribution in [3.05, 3.63) is 17.5 Å². The van der Waals surface area contributed by atoms with Crippen molar-refractivity contribution < 1.29 is 15.0 Å². The number of nitrogens with zero attached hydrogens (tertiary/aromatic N) is 4. The van der Waals surface area contributed by atoms with E-state index >= 15 is 0 Å². The van der Waals surface area contributed by atoms with E-state index in [1.165, 1.54) is 0 Å². The van der Waals surface area contributed by atoms with Gasteiger partial charge in [0.25, 0.3) is 0 Å². The zero-order valence-corrected chi connectivity index (χ0v) is 13.0. The first kappa shape index (κ1) is 15.2. The van der Waals surface area contributed by atoms with E-state index in [1.54, 1.807) is 0 Å². The SMILES string of the molecule is Cc1cc(C)nc(N2C[C@H]3CN(CCO)C[C@@]3(C(=O)O)C2)n1. The van der Waals surface area contributed by atoms with Crippen LogP contribution in [-0.4, -0.2) is 70.4 Å². The Morgan fingerprint density at radius 3 is 2.55 bits per heavy atom. The van der Waals surface area contributed by atoms with Gasteiger partial charge in [0, 0.05) is 50.0 Å². The molecule has 7 nitrogen and oxygen atoms in total. The highest BCUT2D eigenvalue weighted by Gasteiger charge is 2.57. The molecule has 0 bridgehead atoms. The first-order valence-corrected chi connectivity index (χ1v) is 7.58. The molecule has 120 valence electrons. The van der Waals surface area contributed by atoms with Gasteiger partial charge < -0.3 is 15.1 Å². The topological polar surface area (TPSA) is 89.8 Å². The molecule has 2 aliphatic heterocycles. The maximum atomic E-state index is 11.9. The fourth-order valence-corrected chi connectivity index (χ4v) is 3.78. The molecule has 0 aliphatic carbocycles. The number of hydrogen-bond acceptors (Lipinski definition) is 6. The van der Waals surface area contributed by atoms with E-state index in [-0.39, 0.29) is 12.5 Å². The van der Waals surface area contributed by atoms with E-state index < -0.39 is 11.4 Å². The van der Waals surface area contributed by atoms with Gasteiger partial charge in [-0.15, -0.1) is 0 Å². The molecule has 0 unspecified atom stereocenters. The number of β-amino-alcohol motifs (C(OH)–C–C–N with tert-alkyl or cyclic N) is 1. The van der Waals surface area contributed by atoms with Crippen LogP contribution < -0.4 is 4.90 Å². The number of aliphatic hydroxyl groups excluding tert-OH is 1. The number of aliphatic carboxylic acids is 1. The zero-order chi connectivity index (χ0) is 15.9. The van der Waals surface area contributed by atoms with Gasteiger partial charge in [-0.2, -0.15) is 0 Å². The largest absolute Gasteiger partial charge is 0.481 e. The summed E-state index contributed by atoms with van der Waals surface area (Å²) in [6.07, 6.45) is 0. The second-order valence-corrected chi connectivity index (χ2v) is 6.45. The molecule has 0 spiro atoms. The van der Waals surface area contributed by atoms with Gasteiger partial charge in [-0.1, -0.05) is 0 Å². The Balaban J connectivity index is 1.85. The number of carboxylic acid groups (broad SMARTS) is 1. The Hall–Kier alpha value is -1.73.